The van der Waals surface area contributed by atoms with Crippen LogP contribution in [-0.4, -0.2) is 15.0 Å². The van der Waals surface area contributed by atoms with Crippen LogP contribution >= 0.6 is 11.6 Å². The molecule has 5 heteroatoms. The van der Waals surface area contributed by atoms with Crippen molar-refractivity contribution in [3.8, 4) is 0 Å². The van der Waals surface area contributed by atoms with Crippen LogP contribution in [0.4, 0.5) is 5.82 Å². The molecule has 4 nitrogen and oxygen atoms in total. The van der Waals surface area contributed by atoms with Crippen LogP contribution in [0.5, 0.6) is 0 Å². The number of pyridine rings is 1. The van der Waals surface area contributed by atoms with Gasteiger partial charge in [0.25, 0.3) is 0 Å². The molecule has 0 aliphatic carbocycles. The predicted molar refractivity (Wildman–Crippen MR) is 63.3 cm³/mol. The fraction of sp³-hybridized carbons (Fsp3) is 0.182. The molecule has 0 amide bonds. The largest absolute Gasteiger partial charge is 0.366 e. The van der Waals surface area contributed by atoms with Crippen LogP contribution in [0.1, 0.15) is 11.3 Å². The first kappa shape index (κ1) is 10.8. The predicted octanol–water partition coefficient (Wildman–Crippen LogP) is 2.45. The van der Waals surface area contributed by atoms with E-state index in [4.69, 9.17) is 11.6 Å². The quantitative estimate of drug-likeness (QED) is 0.829. The summed E-state index contributed by atoms with van der Waals surface area (Å²) >= 11 is 5.76. The van der Waals surface area contributed by atoms with Gasteiger partial charge < -0.3 is 5.32 Å². The molecule has 2 heterocycles. The van der Waals surface area contributed by atoms with Crippen molar-refractivity contribution in [2.45, 2.75) is 13.5 Å². The maximum Gasteiger partial charge on any atom is 0.224 e. The van der Waals surface area contributed by atoms with Crippen LogP contribution in [0.2, 0.25) is 5.28 Å². The normalized spacial score (nSPS) is 10.1. The highest BCUT2D eigenvalue weighted by molar-refractivity contribution is 6.28. The third-order valence-corrected chi connectivity index (χ3v) is 2.22. The van der Waals surface area contributed by atoms with E-state index in [1.807, 2.05) is 25.1 Å². The van der Waals surface area contributed by atoms with Crippen LogP contribution < -0.4 is 5.32 Å². The Morgan fingerprint density at radius 2 is 2.00 bits per heavy atom. The summed E-state index contributed by atoms with van der Waals surface area (Å²) in [6.07, 6.45) is 3.52. The Morgan fingerprint density at radius 3 is 2.69 bits per heavy atom. The van der Waals surface area contributed by atoms with Crippen molar-refractivity contribution >= 4 is 17.4 Å². The van der Waals surface area contributed by atoms with E-state index < -0.39 is 0 Å². The first-order valence-electron chi connectivity index (χ1n) is 4.88. The van der Waals surface area contributed by atoms with Crippen LogP contribution in [0.25, 0.3) is 0 Å². The molecule has 0 radical (unpaired) electrons. The zero-order valence-electron chi connectivity index (χ0n) is 8.81. The number of nitrogens with one attached hydrogen (secondary N) is 1. The maximum atomic E-state index is 5.76. The van der Waals surface area contributed by atoms with E-state index in [9.17, 15) is 0 Å². The lowest BCUT2D eigenvalue weighted by Crippen LogP contribution is -2.02. The number of anilines is 1. The molecule has 0 atom stereocenters. The lowest BCUT2D eigenvalue weighted by atomic mass is 10.3. The van der Waals surface area contributed by atoms with Crippen molar-refractivity contribution in [3.05, 3.63) is 47.1 Å². The fourth-order valence-electron chi connectivity index (χ4n) is 1.32. The topological polar surface area (TPSA) is 50.7 Å². The summed E-state index contributed by atoms with van der Waals surface area (Å²) in [5.41, 5.74) is 1.99. The monoisotopic (exact) mass is 234 g/mol. The van der Waals surface area contributed by atoms with Gasteiger partial charge in [0.1, 0.15) is 5.82 Å². The van der Waals surface area contributed by atoms with Crippen LogP contribution in [0.15, 0.2) is 30.6 Å². The number of aromatic nitrogens is 3. The first-order valence-corrected chi connectivity index (χ1v) is 5.26. The zero-order chi connectivity index (χ0) is 11.4. The minimum atomic E-state index is 0.261. The fourth-order valence-corrected chi connectivity index (χ4v) is 1.54. The second-order valence-corrected chi connectivity index (χ2v) is 3.71. The van der Waals surface area contributed by atoms with E-state index in [1.165, 1.54) is 0 Å². The molecule has 0 saturated carbocycles. The summed E-state index contributed by atoms with van der Waals surface area (Å²) in [6.45, 7) is 2.57. The number of hydrogen-bond donors (Lipinski definition) is 1. The Morgan fingerprint density at radius 1 is 1.25 bits per heavy atom. The van der Waals surface area contributed by atoms with Gasteiger partial charge in [0.05, 0.1) is 0 Å². The van der Waals surface area contributed by atoms with Gasteiger partial charge in [0.15, 0.2) is 0 Å². The first-order chi connectivity index (χ1) is 7.74. The molecule has 0 aliphatic heterocycles. The minimum absolute atomic E-state index is 0.261. The van der Waals surface area contributed by atoms with Gasteiger partial charge in [0.2, 0.25) is 5.28 Å². The molecule has 0 fully saturated rings. The van der Waals surface area contributed by atoms with E-state index in [0.29, 0.717) is 6.54 Å². The van der Waals surface area contributed by atoms with Crippen molar-refractivity contribution in [2.75, 3.05) is 5.32 Å². The van der Waals surface area contributed by atoms with Crippen molar-refractivity contribution in [1.82, 2.24) is 15.0 Å². The highest BCUT2D eigenvalue weighted by Crippen LogP contribution is 2.10. The Kier molecular flexibility index (Phi) is 3.31. The number of hydrogen-bond acceptors (Lipinski definition) is 4. The minimum Gasteiger partial charge on any atom is -0.366 e. The summed E-state index contributed by atoms with van der Waals surface area (Å²) in [5, 5.41) is 3.44. The van der Waals surface area contributed by atoms with Gasteiger partial charge in [-0.05, 0) is 36.2 Å². The Labute approximate surface area is 98.7 Å². The van der Waals surface area contributed by atoms with Crippen molar-refractivity contribution < 1.29 is 0 Å². The van der Waals surface area contributed by atoms with Crippen molar-refractivity contribution in [1.29, 1.82) is 0 Å². The smallest absolute Gasteiger partial charge is 0.224 e. The maximum absolute atomic E-state index is 5.76. The molecule has 0 bridgehead atoms. The van der Waals surface area contributed by atoms with Gasteiger partial charge in [0, 0.05) is 30.7 Å². The van der Waals surface area contributed by atoms with Gasteiger partial charge in [-0.2, -0.15) is 0 Å². The summed E-state index contributed by atoms with van der Waals surface area (Å²) in [7, 11) is 0. The summed E-state index contributed by atoms with van der Waals surface area (Å²) in [4.78, 5) is 12.0. The Bertz CT molecular complexity index is 452. The molecule has 0 saturated heterocycles. The van der Waals surface area contributed by atoms with Crippen LogP contribution in [-0.2, 0) is 6.54 Å². The second-order valence-electron chi connectivity index (χ2n) is 3.37. The van der Waals surface area contributed by atoms with E-state index >= 15 is 0 Å². The molecular formula is C11H11ClN4. The van der Waals surface area contributed by atoms with E-state index in [0.717, 1.165) is 17.1 Å². The number of rotatable bonds is 3. The average molecular weight is 235 g/mol. The molecular weight excluding hydrogens is 224 g/mol. The van der Waals surface area contributed by atoms with Crippen LogP contribution in [0, 0.1) is 6.92 Å². The molecule has 1 N–H and O–H groups in total. The highest BCUT2D eigenvalue weighted by Gasteiger charge is 1.99. The van der Waals surface area contributed by atoms with Gasteiger partial charge in [-0.1, -0.05) is 0 Å². The van der Waals surface area contributed by atoms with Gasteiger partial charge in [-0.3, -0.25) is 4.98 Å². The number of aryl methyl sites for hydroxylation is 1. The molecule has 2 aromatic rings. The Balaban J connectivity index is 2.05. The van der Waals surface area contributed by atoms with Gasteiger partial charge in [-0.25, -0.2) is 9.97 Å². The SMILES string of the molecule is Cc1cc(NCc2ccncc2)nc(Cl)n1. The molecule has 82 valence electrons. The van der Waals surface area contributed by atoms with E-state index in [1.54, 1.807) is 12.4 Å². The molecule has 0 aliphatic rings. The highest BCUT2D eigenvalue weighted by atomic mass is 35.5. The van der Waals surface area contributed by atoms with Crippen LogP contribution in [0.3, 0.4) is 0 Å². The third-order valence-electron chi connectivity index (χ3n) is 2.05. The molecule has 0 aromatic carbocycles. The Hall–Kier alpha value is -1.68. The molecule has 16 heavy (non-hydrogen) atoms. The number of halogens is 1. The summed E-state index contributed by atoms with van der Waals surface area (Å²) in [6, 6.07) is 5.75. The molecule has 2 aromatic heterocycles. The van der Waals surface area contributed by atoms with Crippen molar-refractivity contribution in [3.63, 3.8) is 0 Å². The van der Waals surface area contributed by atoms with Gasteiger partial charge >= 0.3 is 0 Å². The zero-order valence-corrected chi connectivity index (χ0v) is 9.57. The summed E-state index contributed by atoms with van der Waals surface area (Å²) < 4.78 is 0. The lowest BCUT2D eigenvalue weighted by Gasteiger charge is -2.06. The van der Waals surface area contributed by atoms with Crippen molar-refractivity contribution in [2.24, 2.45) is 0 Å². The summed E-state index contributed by atoms with van der Waals surface area (Å²) in [5.74, 6) is 0.731. The molecule has 0 spiro atoms. The molecule has 2 rings (SSSR count). The standard InChI is InChI=1S/C11H11ClN4/c1-8-6-10(16-11(12)15-8)14-7-9-2-4-13-5-3-9/h2-6H,7H2,1H3,(H,14,15,16). The van der Waals surface area contributed by atoms with E-state index in [2.05, 4.69) is 20.3 Å². The molecule has 0 unspecified atom stereocenters. The third kappa shape index (κ3) is 2.90. The lowest BCUT2D eigenvalue weighted by molar-refractivity contribution is 1.05. The van der Waals surface area contributed by atoms with E-state index in [-0.39, 0.29) is 5.28 Å². The number of nitrogens with zero attached hydrogens (tertiary/aromatic N) is 3. The second kappa shape index (κ2) is 4.90. The van der Waals surface area contributed by atoms with Gasteiger partial charge in [-0.15, -0.1) is 0 Å². The average Bonchev–Trinajstić information content (AvgIpc) is 2.27.